The van der Waals surface area contributed by atoms with Crippen LogP contribution in [0.4, 0.5) is 0 Å². The summed E-state index contributed by atoms with van der Waals surface area (Å²) in [6.45, 7) is 0. The molecule has 0 unspecified atom stereocenters. The van der Waals surface area contributed by atoms with Crippen LogP contribution in [0.3, 0.4) is 0 Å². The summed E-state index contributed by atoms with van der Waals surface area (Å²) in [7, 11) is 0. The molecule has 2 heterocycles. The number of carbonyl (C=O) groups is 1. The molecule has 0 aliphatic heterocycles. The predicted molar refractivity (Wildman–Crippen MR) is 52.0 cm³/mol. The third kappa shape index (κ3) is 1.79. The van der Waals surface area contributed by atoms with Gasteiger partial charge in [-0.15, -0.1) is 0 Å². The van der Waals surface area contributed by atoms with Crippen LogP contribution in [0.2, 0.25) is 0 Å². The number of fused-ring (bicyclic) bond motifs is 1. The first-order chi connectivity index (χ1) is 6.90. The summed E-state index contributed by atoms with van der Waals surface area (Å²) in [5.41, 5.74) is 1.96. The molecule has 0 fully saturated rings. The summed E-state index contributed by atoms with van der Waals surface area (Å²) in [6.07, 6.45) is 8.81. The molecule has 2 aromatic heterocycles. The Labute approximate surface area is 81.6 Å². The van der Waals surface area contributed by atoms with Crippen LogP contribution in [0, 0.1) is 0 Å². The molecule has 0 aromatic carbocycles. The first-order valence-corrected chi connectivity index (χ1v) is 4.62. The highest BCUT2D eigenvalue weighted by Gasteiger charge is 1.97. The quantitative estimate of drug-likeness (QED) is 0.537. The Hall–Kier alpha value is -1.71. The SMILES string of the molecule is O=CCCCc1cnc2ccnn2c1. The van der Waals surface area contributed by atoms with E-state index >= 15 is 0 Å². The number of carbonyl (C=O) groups excluding carboxylic acids is 1. The molecular formula is C10H11N3O. The Morgan fingerprint density at radius 1 is 1.50 bits per heavy atom. The standard InChI is InChI=1S/C10H11N3O/c14-6-2-1-3-9-7-11-10-4-5-12-13(10)8-9/h4-8H,1-3H2. The Morgan fingerprint density at radius 2 is 2.43 bits per heavy atom. The fraction of sp³-hybridized carbons (Fsp3) is 0.300. The molecule has 0 radical (unpaired) electrons. The van der Waals surface area contributed by atoms with Crippen molar-refractivity contribution >= 4 is 11.9 Å². The highest BCUT2D eigenvalue weighted by Crippen LogP contribution is 2.04. The van der Waals surface area contributed by atoms with Gasteiger partial charge in [-0.25, -0.2) is 9.50 Å². The van der Waals surface area contributed by atoms with Crippen molar-refractivity contribution in [3.63, 3.8) is 0 Å². The number of hydrogen-bond acceptors (Lipinski definition) is 3. The maximum Gasteiger partial charge on any atom is 0.154 e. The lowest BCUT2D eigenvalue weighted by Gasteiger charge is -1.99. The number of rotatable bonds is 4. The van der Waals surface area contributed by atoms with E-state index in [9.17, 15) is 4.79 Å². The fourth-order valence-electron chi connectivity index (χ4n) is 1.37. The van der Waals surface area contributed by atoms with Gasteiger partial charge in [0.1, 0.15) is 6.29 Å². The molecule has 0 spiro atoms. The normalized spacial score (nSPS) is 10.6. The maximum absolute atomic E-state index is 10.1. The van der Waals surface area contributed by atoms with Crippen molar-refractivity contribution in [3.05, 3.63) is 30.2 Å². The summed E-state index contributed by atoms with van der Waals surface area (Å²) in [5.74, 6) is 0. The van der Waals surface area contributed by atoms with Gasteiger partial charge in [-0.2, -0.15) is 5.10 Å². The number of aryl methyl sites for hydroxylation is 1. The van der Waals surface area contributed by atoms with Gasteiger partial charge in [-0.05, 0) is 18.4 Å². The molecule has 0 aliphatic carbocycles. The smallest absolute Gasteiger partial charge is 0.154 e. The van der Waals surface area contributed by atoms with Gasteiger partial charge in [-0.3, -0.25) is 0 Å². The molecule has 2 rings (SSSR count). The van der Waals surface area contributed by atoms with Crippen molar-refractivity contribution in [2.75, 3.05) is 0 Å². The molecule has 0 N–H and O–H groups in total. The summed E-state index contributed by atoms with van der Waals surface area (Å²) < 4.78 is 1.75. The van der Waals surface area contributed by atoms with Crippen LogP contribution in [0.5, 0.6) is 0 Å². The van der Waals surface area contributed by atoms with Gasteiger partial charge in [0, 0.05) is 24.9 Å². The minimum Gasteiger partial charge on any atom is -0.303 e. The zero-order valence-electron chi connectivity index (χ0n) is 7.76. The van der Waals surface area contributed by atoms with E-state index in [1.807, 2.05) is 18.5 Å². The lowest BCUT2D eigenvalue weighted by molar-refractivity contribution is -0.107. The second kappa shape index (κ2) is 4.00. The van der Waals surface area contributed by atoms with Crippen molar-refractivity contribution in [2.24, 2.45) is 0 Å². The molecule has 14 heavy (non-hydrogen) atoms. The van der Waals surface area contributed by atoms with E-state index in [2.05, 4.69) is 10.1 Å². The highest BCUT2D eigenvalue weighted by atomic mass is 16.1. The van der Waals surface area contributed by atoms with E-state index in [-0.39, 0.29) is 0 Å². The van der Waals surface area contributed by atoms with Crippen molar-refractivity contribution in [1.82, 2.24) is 14.6 Å². The molecule has 0 aliphatic rings. The zero-order valence-corrected chi connectivity index (χ0v) is 7.76. The lowest BCUT2D eigenvalue weighted by Crippen LogP contribution is -1.94. The topological polar surface area (TPSA) is 47.3 Å². The third-order valence-electron chi connectivity index (χ3n) is 2.09. The fourth-order valence-corrected chi connectivity index (χ4v) is 1.37. The summed E-state index contributed by atoms with van der Waals surface area (Å²) in [5, 5.41) is 4.09. The van der Waals surface area contributed by atoms with Crippen LogP contribution in [0.15, 0.2) is 24.7 Å². The molecule has 0 saturated carbocycles. The van der Waals surface area contributed by atoms with Crippen LogP contribution in [0.1, 0.15) is 18.4 Å². The van der Waals surface area contributed by atoms with E-state index < -0.39 is 0 Å². The van der Waals surface area contributed by atoms with Crippen LogP contribution < -0.4 is 0 Å². The molecule has 0 bridgehead atoms. The van der Waals surface area contributed by atoms with Gasteiger partial charge in [0.05, 0.1) is 6.20 Å². The van der Waals surface area contributed by atoms with E-state index in [0.29, 0.717) is 6.42 Å². The molecule has 0 atom stereocenters. The van der Waals surface area contributed by atoms with Gasteiger partial charge in [-0.1, -0.05) is 0 Å². The van der Waals surface area contributed by atoms with Gasteiger partial charge >= 0.3 is 0 Å². The van der Waals surface area contributed by atoms with Crippen molar-refractivity contribution in [3.8, 4) is 0 Å². The van der Waals surface area contributed by atoms with E-state index in [1.54, 1.807) is 10.7 Å². The second-order valence-corrected chi connectivity index (χ2v) is 3.16. The monoisotopic (exact) mass is 189 g/mol. The first kappa shape index (κ1) is 8.87. The van der Waals surface area contributed by atoms with Crippen LogP contribution in [0.25, 0.3) is 5.65 Å². The molecule has 2 aromatic rings. The van der Waals surface area contributed by atoms with Gasteiger partial charge in [0.25, 0.3) is 0 Å². The van der Waals surface area contributed by atoms with E-state index in [0.717, 1.165) is 30.3 Å². The number of nitrogens with zero attached hydrogens (tertiary/aromatic N) is 3. The summed E-state index contributed by atoms with van der Waals surface area (Å²) in [4.78, 5) is 14.4. The largest absolute Gasteiger partial charge is 0.303 e. The summed E-state index contributed by atoms with van der Waals surface area (Å²) in [6, 6.07) is 1.86. The Balaban J connectivity index is 2.13. The lowest BCUT2D eigenvalue weighted by atomic mass is 10.1. The van der Waals surface area contributed by atoms with Crippen LogP contribution >= 0.6 is 0 Å². The van der Waals surface area contributed by atoms with E-state index in [1.165, 1.54) is 0 Å². The molecule has 0 amide bonds. The maximum atomic E-state index is 10.1. The van der Waals surface area contributed by atoms with E-state index in [4.69, 9.17) is 0 Å². The predicted octanol–water partition coefficient (Wildman–Crippen LogP) is 1.25. The molecule has 4 heteroatoms. The molecular weight excluding hydrogens is 178 g/mol. The highest BCUT2D eigenvalue weighted by molar-refractivity contribution is 5.49. The average Bonchev–Trinajstić information content (AvgIpc) is 2.65. The molecule has 72 valence electrons. The Kier molecular flexibility index (Phi) is 2.53. The van der Waals surface area contributed by atoms with Crippen molar-refractivity contribution in [1.29, 1.82) is 0 Å². The Bertz CT molecular complexity index is 436. The number of hydrogen-bond donors (Lipinski definition) is 0. The van der Waals surface area contributed by atoms with Crippen LogP contribution in [-0.4, -0.2) is 20.9 Å². The molecule has 4 nitrogen and oxygen atoms in total. The Morgan fingerprint density at radius 3 is 3.29 bits per heavy atom. The van der Waals surface area contributed by atoms with Gasteiger partial charge in [0.2, 0.25) is 0 Å². The number of aldehydes is 1. The average molecular weight is 189 g/mol. The number of unbranched alkanes of at least 4 members (excludes halogenated alkanes) is 1. The third-order valence-corrected chi connectivity index (χ3v) is 2.09. The minimum absolute atomic E-state index is 0.608. The number of aromatic nitrogens is 3. The first-order valence-electron chi connectivity index (χ1n) is 4.62. The van der Waals surface area contributed by atoms with Gasteiger partial charge in [0.15, 0.2) is 5.65 Å². The second-order valence-electron chi connectivity index (χ2n) is 3.16. The van der Waals surface area contributed by atoms with Gasteiger partial charge < -0.3 is 4.79 Å². The minimum atomic E-state index is 0.608. The molecule has 0 saturated heterocycles. The van der Waals surface area contributed by atoms with Crippen molar-refractivity contribution in [2.45, 2.75) is 19.3 Å². The van der Waals surface area contributed by atoms with Crippen molar-refractivity contribution < 1.29 is 4.79 Å². The summed E-state index contributed by atoms with van der Waals surface area (Å²) >= 11 is 0. The zero-order chi connectivity index (χ0) is 9.80. The van der Waals surface area contributed by atoms with Crippen LogP contribution in [-0.2, 0) is 11.2 Å².